The normalized spacial score (nSPS) is 10.6. The Bertz CT molecular complexity index is 499. The first kappa shape index (κ1) is 10.2. The molecule has 0 spiro atoms. The molecule has 1 N–H and O–H groups in total. The lowest BCUT2D eigenvalue weighted by Gasteiger charge is -2.08. The van der Waals surface area contributed by atoms with E-state index >= 15 is 0 Å². The highest BCUT2D eigenvalue weighted by Crippen LogP contribution is 2.29. The van der Waals surface area contributed by atoms with Gasteiger partial charge in [0, 0.05) is 18.4 Å². The second-order valence-electron chi connectivity index (χ2n) is 3.14. The van der Waals surface area contributed by atoms with Crippen LogP contribution in [0.2, 0.25) is 5.02 Å². The molecule has 2 nitrogen and oxygen atoms in total. The molecule has 0 aliphatic rings. The lowest BCUT2D eigenvalue weighted by molar-refractivity contribution is 0.640. The van der Waals surface area contributed by atoms with E-state index in [0.717, 1.165) is 12.2 Å². The highest BCUT2D eigenvalue weighted by atomic mass is 35.5. The average Bonchev–Trinajstić information content (AvgIpc) is 2.24. The van der Waals surface area contributed by atoms with Gasteiger partial charge in [0.05, 0.1) is 15.9 Å². The summed E-state index contributed by atoms with van der Waals surface area (Å²) in [6.45, 7) is 2.68. The number of hydrogen-bond donors (Lipinski definition) is 1. The van der Waals surface area contributed by atoms with Crippen LogP contribution in [0.25, 0.3) is 10.9 Å². The molecule has 0 atom stereocenters. The number of rotatable bonds is 2. The van der Waals surface area contributed by atoms with Crippen molar-refractivity contribution in [3.05, 3.63) is 35.2 Å². The van der Waals surface area contributed by atoms with Crippen LogP contribution in [0.1, 0.15) is 6.92 Å². The minimum Gasteiger partial charge on any atom is -0.385 e. The van der Waals surface area contributed by atoms with Crippen molar-refractivity contribution in [3.8, 4) is 0 Å². The molecule has 2 aromatic rings. The molecule has 0 amide bonds. The third-order valence-corrected chi connectivity index (χ3v) is 2.46. The summed E-state index contributed by atoms with van der Waals surface area (Å²) in [5, 5.41) is 3.99. The zero-order valence-electron chi connectivity index (χ0n) is 8.22. The number of pyridine rings is 1. The predicted octanol–water partition coefficient (Wildman–Crippen LogP) is 3.46. The summed E-state index contributed by atoms with van der Waals surface area (Å²) in [6, 6.07) is 4.61. The molecule has 4 heteroatoms. The van der Waals surface area contributed by atoms with E-state index in [-0.39, 0.29) is 5.82 Å². The predicted molar refractivity (Wildman–Crippen MR) is 60.9 cm³/mol. The van der Waals surface area contributed by atoms with Crippen LogP contribution in [-0.2, 0) is 0 Å². The maximum Gasteiger partial charge on any atom is 0.134 e. The average molecular weight is 225 g/mol. The van der Waals surface area contributed by atoms with Crippen molar-refractivity contribution in [2.45, 2.75) is 6.92 Å². The fourth-order valence-corrected chi connectivity index (χ4v) is 1.74. The molecule has 0 radical (unpaired) electrons. The molecule has 0 fully saturated rings. The molecule has 1 aromatic carbocycles. The van der Waals surface area contributed by atoms with E-state index < -0.39 is 0 Å². The molecule has 15 heavy (non-hydrogen) atoms. The monoisotopic (exact) mass is 224 g/mol. The van der Waals surface area contributed by atoms with E-state index in [1.807, 2.05) is 6.92 Å². The van der Waals surface area contributed by atoms with Crippen molar-refractivity contribution < 1.29 is 4.39 Å². The largest absolute Gasteiger partial charge is 0.385 e. The second-order valence-corrected chi connectivity index (χ2v) is 3.55. The molecule has 0 bridgehead atoms. The fraction of sp³-hybridized carbons (Fsp3) is 0.182. The van der Waals surface area contributed by atoms with E-state index in [2.05, 4.69) is 10.3 Å². The van der Waals surface area contributed by atoms with Crippen molar-refractivity contribution in [3.63, 3.8) is 0 Å². The molecule has 0 saturated carbocycles. The third-order valence-electron chi connectivity index (χ3n) is 2.16. The van der Waals surface area contributed by atoms with Crippen LogP contribution >= 0.6 is 11.6 Å². The summed E-state index contributed by atoms with van der Waals surface area (Å²) < 4.78 is 13.6. The van der Waals surface area contributed by atoms with Crippen LogP contribution < -0.4 is 5.32 Å². The number of nitrogens with one attached hydrogen (secondary N) is 1. The van der Waals surface area contributed by atoms with Gasteiger partial charge in [0.2, 0.25) is 0 Å². The zero-order chi connectivity index (χ0) is 10.8. The molecule has 1 aromatic heterocycles. The van der Waals surface area contributed by atoms with Gasteiger partial charge in [-0.15, -0.1) is 0 Å². The van der Waals surface area contributed by atoms with Crippen molar-refractivity contribution in [2.75, 3.05) is 11.9 Å². The van der Waals surface area contributed by atoms with Gasteiger partial charge in [-0.1, -0.05) is 11.6 Å². The van der Waals surface area contributed by atoms with E-state index in [4.69, 9.17) is 11.6 Å². The number of benzene rings is 1. The van der Waals surface area contributed by atoms with Crippen LogP contribution in [0.5, 0.6) is 0 Å². The van der Waals surface area contributed by atoms with Crippen molar-refractivity contribution in [1.29, 1.82) is 0 Å². The van der Waals surface area contributed by atoms with E-state index in [1.165, 1.54) is 12.1 Å². The maximum absolute atomic E-state index is 13.6. The highest BCUT2D eigenvalue weighted by molar-refractivity contribution is 6.35. The summed E-state index contributed by atoms with van der Waals surface area (Å²) in [5.41, 5.74) is 1.22. The van der Waals surface area contributed by atoms with E-state index in [0.29, 0.717) is 15.9 Å². The van der Waals surface area contributed by atoms with Crippen molar-refractivity contribution in [1.82, 2.24) is 4.98 Å². The van der Waals surface area contributed by atoms with Crippen molar-refractivity contribution >= 4 is 28.2 Å². The Morgan fingerprint density at radius 2 is 2.20 bits per heavy atom. The quantitative estimate of drug-likeness (QED) is 0.845. The number of halogens is 2. The lowest BCUT2D eigenvalue weighted by Crippen LogP contribution is -1.99. The molecule has 1 heterocycles. The van der Waals surface area contributed by atoms with E-state index in [9.17, 15) is 4.39 Å². The number of nitrogens with zero attached hydrogens (tertiary/aromatic N) is 1. The van der Waals surface area contributed by atoms with Gasteiger partial charge in [0.15, 0.2) is 0 Å². The summed E-state index contributed by atoms with van der Waals surface area (Å²) in [4.78, 5) is 4.07. The summed E-state index contributed by atoms with van der Waals surface area (Å²) in [6.07, 6.45) is 1.62. The summed E-state index contributed by atoms with van der Waals surface area (Å²) >= 11 is 5.94. The molecular formula is C11H10ClFN2. The van der Waals surface area contributed by atoms with Gasteiger partial charge in [-0.2, -0.15) is 0 Å². The lowest BCUT2D eigenvalue weighted by atomic mass is 10.1. The van der Waals surface area contributed by atoms with Gasteiger partial charge in [-0.25, -0.2) is 4.39 Å². The number of fused-ring (bicyclic) bond motifs is 1. The van der Waals surface area contributed by atoms with Gasteiger partial charge in [-0.3, -0.25) is 4.98 Å². The van der Waals surface area contributed by atoms with Crippen LogP contribution in [-0.4, -0.2) is 11.5 Å². The van der Waals surface area contributed by atoms with E-state index in [1.54, 1.807) is 12.3 Å². The molecular weight excluding hydrogens is 215 g/mol. The van der Waals surface area contributed by atoms with Crippen LogP contribution in [0.4, 0.5) is 10.1 Å². The van der Waals surface area contributed by atoms with Crippen molar-refractivity contribution in [2.24, 2.45) is 0 Å². The Balaban J connectivity index is 2.78. The molecule has 0 saturated heterocycles. The van der Waals surface area contributed by atoms with Gasteiger partial charge in [0.1, 0.15) is 5.82 Å². The van der Waals surface area contributed by atoms with Gasteiger partial charge in [0.25, 0.3) is 0 Å². The first-order chi connectivity index (χ1) is 7.24. The minimum atomic E-state index is -0.307. The molecule has 0 aliphatic carbocycles. The topological polar surface area (TPSA) is 24.9 Å². The minimum absolute atomic E-state index is 0.307. The van der Waals surface area contributed by atoms with Crippen LogP contribution in [0, 0.1) is 5.82 Å². The fourth-order valence-electron chi connectivity index (χ4n) is 1.53. The standard InChI is InChI=1S/C11H10ClFN2/c1-2-14-9-5-6-15-11-7(12)3-4-8(13)10(9)11/h3-6H,2H2,1H3,(H,14,15). The Kier molecular flexibility index (Phi) is 2.73. The Labute approximate surface area is 92.1 Å². The first-order valence-corrected chi connectivity index (χ1v) is 5.08. The smallest absolute Gasteiger partial charge is 0.134 e. The summed E-state index contributed by atoms with van der Waals surface area (Å²) in [7, 11) is 0. The van der Waals surface area contributed by atoms with Gasteiger partial charge < -0.3 is 5.32 Å². The Morgan fingerprint density at radius 1 is 1.40 bits per heavy atom. The van der Waals surface area contributed by atoms with Crippen LogP contribution in [0.15, 0.2) is 24.4 Å². The second kappa shape index (κ2) is 4.03. The number of hydrogen-bond acceptors (Lipinski definition) is 2. The molecule has 2 rings (SSSR count). The SMILES string of the molecule is CCNc1ccnc2c(Cl)ccc(F)c12. The van der Waals surface area contributed by atoms with Crippen LogP contribution in [0.3, 0.4) is 0 Å². The Hall–Kier alpha value is -1.35. The number of anilines is 1. The highest BCUT2D eigenvalue weighted by Gasteiger charge is 2.09. The molecule has 0 aliphatic heterocycles. The molecule has 78 valence electrons. The van der Waals surface area contributed by atoms with Gasteiger partial charge >= 0.3 is 0 Å². The number of aromatic nitrogens is 1. The Morgan fingerprint density at radius 3 is 2.93 bits per heavy atom. The summed E-state index contributed by atoms with van der Waals surface area (Å²) in [5.74, 6) is -0.307. The third kappa shape index (κ3) is 1.75. The maximum atomic E-state index is 13.6. The zero-order valence-corrected chi connectivity index (χ0v) is 8.98. The van der Waals surface area contributed by atoms with Gasteiger partial charge in [-0.05, 0) is 25.1 Å². The first-order valence-electron chi connectivity index (χ1n) is 4.70. The molecule has 0 unspecified atom stereocenters.